The number of rotatable bonds is 5. The van der Waals surface area contributed by atoms with E-state index in [-0.39, 0.29) is 0 Å². The van der Waals surface area contributed by atoms with Crippen LogP contribution in [-0.4, -0.2) is 4.57 Å². The third kappa shape index (κ3) is 2.72. The van der Waals surface area contributed by atoms with E-state index in [1.807, 2.05) is 12.1 Å². The Labute approximate surface area is 131 Å². The highest BCUT2D eigenvalue weighted by molar-refractivity contribution is 5.87. The molecule has 3 nitrogen and oxygen atoms in total. The summed E-state index contributed by atoms with van der Waals surface area (Å²) in [6.45, 7) is 6.27. The fourth-order valence-corrected chi connectivity index (χ4v) is 2.86. The lowest BCUT2D eigenvalue weighted by Crippen LogP contribution is -1.99. The Morgan fingerprint density at radius 2 is 1.82 bits per heavy atom. The van der Waals surface area contributed by atoms with Crippen molar-refractivity contribution < 1.29 is 4.74 Å². The van der Waals surface area contributed by atoms with Gasteiger partial charge in [0.1, 0.15) is 12.4 Å². The minimum Gasteiger partial charge on any atom is -0.489 e. The van der Waals surface area contributed by atoms with Gasteiger partial charge in [0.2, 0.25) is 0 Å². The van der Waals surface area contributed by atoms with Crippen LogP contribution in [0.15, 0.2) is 48.7 Å². The van der Waals surface area contributed by atoms with Gasteiger partial charge in [0.25, 0.3) is 0 Å². The summed E-state index contributed by atoms with van der Waals surface area (Å²) in [6.07, 6.45) is 2.18. The summed E-state index contributed by atoms with van der Waals surface area (Å²) in [7, 11) is 0. The zero-order valence-electron chi connectivity index (χ0n) is 13.2. The van der Waals surface area contributed by atoms with Crippen molar-refractivity contribution in [1.82, 2.24) is 4.57 Å². The molecule has 0 atom stereocenters. The Hall–Kier alpha value is -2.26. The van der Waals surface area contributed by atoms with E-state index in [0.29, 0.717) is 13.2 Å². The van der Waals surface area contributed by atoms with E-state index in [1.165, 1.54) is 27.6 Å². The van der Waals surface area contributed by atoms with Crippen LogP contribution in [0.2, 0.25) is 0 Å². The van der Waals surface area contributed by atoms with Crippen molar-refractivity contribution in [2.75, 3.05) is 0 Å². The molecular formula is C19H22N2O. The van der Waals surface area contributed by atoms with Crippen LogP contribution >= 0.6 is 0 Å². The van der Waals surface area contributed by atoms with Gasteiger partial charge < -0.3 is 15.0 Å². The molecule has 0 spiro atoms. The maximum absolute atomic E-state index is 5.96. The molecule has 2 N–H and O–H groups in total. The average Bonchev–Trinajstić information content (AvgIpc) is 2.92. The van der Waals surface area contributed by atoms with Gasteiger partial charge in [-0.15, -0.1) is 0 Å². The maximum atomic E-state index is 5.96. The first-order chi connectivity index (χ1) is 10.7. The van der Waals surface area contributed by atoms with Crippen molar-refractivity contribution in [3.8, 4) is 5.75 Å². The van der Waals surface area contributed by atoms with E-state index in [1.54, 1.807) is 0 Å². The van der Waals surface area contributed by atoms with Crippen LogP contribution in [0, 0.1) is 6.92 Å². The molecule has 1 heterocycles. The van der Waals surface area contributed by atoms with Crippen LogP contribution in [0.5, 0.6) is 5.75 Å². The van der Waals surface area contributed by atoms with Gasteiger partial charge in [0.15, 0.2) is 0 Å². The molecule has 0 aliphatic carbocycles. The molecular weight excluding hydrogens is 272 g/mol. The molecule has 0 amide bonds. The summed E-state index contributed by atoms with van der Waals surface area (Å²) >= 11 is 0. The highest BCUT2D eigenvalue weighted by Crippen LogP contribution is 2.26. The second kappa shape index (κ2) is 6.24. The lowest BCUT2D eigenvalue weighted by molar-refractivity contribution is 0.307. The number of hydrogen-bond donors (Lipinski definition) is 1. The van der Waals surface area contributed by atoms with Gasteiger partial charge in [-0.05, 0) is 37.6 Å². The van der Waals surface area contributed by atoms with Crippen molar-refractivity contribution in [2.24, 2.45) is 5.73 Å². The van der Waals surface area contributed by atoms with Gasteiger partial charge in [-0.1, -0.05) is 29.8 Å². The lowest BCUT2D eigenvalue weighted by atomic mass is 10.1. The Morgan fingerprint density at radius 1 is 1.05 bits per heavy atom. The number of aryl methyl sites for hydroxylation is 2. The fraction of sp³-hybridized carbons (Fsp3) is 0.263. The number of nitrogens with zero attached hydrogens (tertiary/aromatic N) is 1. The predicted octanol–water partition coefficient (Wildman–Crippen LogP) is 4.01. The molecule has 0 fully saturated rings. The van der Waals surface area contributed by atoms with Crippen LogP contribution in [0.4, 0.5) is 0 Å². The van der Waals surface area contributed by atoms with Gasteiger partial charge in [0.05, 0.1) is 0 Å². The molecule has 3 aromatic rings. The Morgan fingerprint density at radius 3 is 2.50 bits per heavy atom. The lowest BCUT2D eigenvalue weighted by Gasteiger charge is -2.07. The molecule has 22 heavy (non-hydrogen) atoms. The number of ether oxygens (including phenoxy) is 1. The number of aromatic nitrogens is 1. The van der Waals surface area contributed by atoms with Crippen molar-refractivity contribution in [3.05, 3.63) is 65.4 Å². The minimum absolute atomic E-state index is 0.544. The molecule has 0 saturated carbocycles. The van der Waals surface area contributed by atoms with Crippen LogP contribution < -0.4 is 10.5 Å². The molecule has 2 aromatic carbocycles. The monoisotopic (exact) mass is 294 g/mol. The van der Waals surface area contributed by atoms with Crippen molar-refractivity contribution >= 4 is 10.9 Å². The van der Waals surface area contributed by atoms with E-state index in [4.69, 9.17) is 10.5 Å². The molecule has 0 aliphatic rings. The zero-order chi connectivity index (χ0) is 15.5. The Bertz CT molecular complexity index is 772. The quantitative estimate of drug-likeness (QED) is 0.772. The Balaban J connectivity index is 1.94. The molecule has 3 heteroatoms. The smallest absolute Gasteiger partial charge is 0.119 e. The van der Waals surface area contributed by atoms with Gasteiger partial charge in [-0.2, -0.15) is 0 Å². The first-order valence-corrected chi connectivity index (χ1v) is 7.72. The normalized spacial score (nSPS) is 11.0. The molecule has 0 unspecified atom stereocenters. The molecule has 0 aliphatic heterocycles. The second-order valence-electron chi connectivity index (χ2n) is 5.56. The first kappa shape index (κ1) is 14.7. The summed E-state index contributed by atoms with van der Waals surface area (Å²) in [5, 5.41) is 1.24. The first-order valence-electron chi connectivity index (χ1n) is 7.72. The average molecular weight is 294 g/mol. The number of fused-ring (bicyclic) bond motifs is 1. The van der Waals surface area contributed by atoms with E-state index >= 15 is 0 Å². The van der Waals surface area contributed by atoms with Crippen molar-refractivity contribution in [3.63, 3.8) is 0 Å². The summed E-state index contributed by atoms with van der Waals surface area (Å²) < 4.78 is 8.21. The van der Waals surface area contributed by atoms with E-state index in [0.717, 1.165) is 12.3 Å². The van der Waals surface area contributed by atoms with Gasteiger partial charge in [0, 0.05) is 35.8 Å². The number of nitrogens with two attached hydrogens (primary N) is 1. The molecule has 0 saturated heterocycles. The van der Waals surface area contributed by atoms with Crippen molar-refractivity contribution in [1.29, 1.82) is 0 Å². The summed E-state index contributed by atoms with van der Waals surface area (Å²) in [5.41, 5.74) is 10.7. The third-order valence-corrected chi connectivity index (χ3v) is 4.05. The summed E-state index contributed by atoms with van der Waals surface area (Å²) in [6, 6.07) is 14.5. The largest absolute Gasteiger partial charge is 0.489 e. The molecule has 0 radical (unpaired) electrons. The number of benzene rings is 2. The molecule has 1 aromatic heterocycles. The highest BCUT2D eigenvalue weighted by atomic mass is 16.5. The van der Waals surface area contributed by atoms with Gasteiger partial charge in [-0.25, -0.2) is 0 Å². The number of hydrogen-bond acceptors (Lipinski definition) is 2. The van der Waals surface area contributed by atoms with Crippen LogP contribution in [0.3, 0.4) is 0 Å². The standard InChI is InChI=1S/C19H22N2O/c1-3-21-12-16(13-22-17-9-7-14(2)8-10-17)19-15(11-20)5-4-6-18(19)21/h4-10,12H,3,11,13,20H2,1-2H3. The highest BCUT2D eigenvalue weighted by Gasteiger charge is 2.11. The second-order valence-corrected chi connectivity index (χ2v) is 5.56. The third-order valence-electron chi connectivity index (χ3n) is 4.05. The van der Waals surface area contributed by atoms with Crippen LogP contribution in [0.25, 0.3) is 10.9 Å². The topological polar surface area (TPSA) is 40.2 Å². The van der Waals surface area contributed by atoms with E-state index in [9.17, 15) is 0 Å². The zero-order valence-corrected chi connectivity index (χ0v) is 13.2. The van der Waals surface area contributed by atoms with Crippen LogP contribution in [0.1, 0.15) is 23.6 Å². The van der Waals surface area contributed by atoms with Crippen molar-refractivity contribution in [2.45, 2.75) is 33.5 Å². The summed E-state index contributed by atoms with van der Waals surface area (Å²) in [5.74, 6) is 0.897. The Kier molecular flexibility index (Phi) is 4.16. The SMILES string of the molecule is CCn1cc(COc2ccc(C)cc2)c2c(CN)cccc21. The predicted molar refractivity (Wildman–Crippen MR) is 91.0 cm³/mol. The van der Waals surface area contributed by atoms with E-state index < -0.39 is 0 Å². The molecule has 114 valence electrons. The van der Waals surface area contributed by atoms with E-state index in [2.05, 4.69) is 54.9 Å². The molecule has 3 rings (SSSR count). The van der Waals surface area contributed by atoms with Gasteiger partial charge in [-0.3, -0.25) is 0 Å². The van der Waals surface area contributed by atoms with Crippen LogP contribution in [-0.2, 0) is 19.7 Å². The van der Waals surface area contributed by atoms with Gasteiger partial charge >= 0.3 is 0 Å². The fourth-order valence-electron chi connectivity index (χ4n) is 2.86. The molecule has 0 bridgehead atoms. The minimum atomic E-state index is 0.544. The summed E-state index contributed by atoms with van der Waals surface area (Å²) in [4.78, 5) is 0. The maximum Gasteiger partial charge on any atom is 0.119 e.